The molecular weight excluding hydrogens is 394 g/mol. The predicted octanol–water partition coefficient (Wildman–Crippen LogP) is 4.92. The van der Waals surface area contributed by atoms with E-state index in [9.17, 15) is 5.11 Å². The van der Waals surface area contributed by atoms with E-state index in [2.05, 4.69) is 39.4 Å². The molecule has 148 valence electrons. The van der Waals surface area contributed by atoms with Gasteiger partial charge in [-0.05, 0) is 39.3 Å². The van der Waals surface area contributed by atoms with E-state index in [-0.39, 0.29) is 6.10 Å². The zero-order valence-corrected chi connectivity index (χ0v) is 17.7. The Kier molecular flexibility index (Phi) is 6.83. The predicted molar refractivity (Wildman–Crippen MR) is 117 cm³/mol. The average molecular weight is 418 g/mol. The summed E-state index contributed by atoms with van der Waals surface area (Å²) >= 11 is 7.93. The molecule has 1 atom stereocenters. The molecule has 3 aromatic rings. The number of nitrogens with zero attached hydrogens (tertiary/aromatic N) is 3. The van der Waals surface area contributed by atoms with Gasteiger partial charge in [-0.3, -0.25) is 0 Å². The molecule has 6 nitrogen and oxygen atoms in total. The lowest BCUT2D eigenvalue weighted by atomic mass is 10.1. The summed E-state index contributed by atoms with van der Waals surface area (Å²) in [6, 6.07) is 9.83. The number of benzene rings is 1. The van der Waals surface area contributed by atoms with Gasteiger partial charge in [-0.25, -0.2) is 15.0 Å². The monoisotopic (exact) mass is 417 g/mol. The summed E-state index contributed by atoms with van der Waals surface area (Å²) in [5, 5.41) is 17.5. The van der Waals surface area contributed by atoms with Gasteiger partial charge in [-0.15, -0.1) is 0 Å². The lowest BCUT2D eigenvalue weighted by Gasteiger charge is -2.11. The molecule has 0 radical (unpaired) electrons. The van der Waals surface area contributed by atoms with Crippen molar-refractivity contribution in [2.75, 3.05) is 17.2 Å². The maximum atomic E-state index is 9.49. The fourth-order valence-corrected chi connectivity index (χ4v) is 3.71. The molecule has 3 N–H and O–H groups in total. The second-order valence-corrected chi connectivity index (χ2v) is 8.27. The molecule has 0 saturated heterocycles. The zero-order chi connectivity index (χ0) is 20.1. The van der Waals surface area contributed by atoms with E-state index in [4.69, 9.17) is 11.6 Å². The van der Waals surface area contributed by atoms with Gasteiger partial charge in [-0.2, -0.15) is 0 Å². The van der Waals surface area contributed by atoms with Crippen LogP contribution in [0.3, 0.4) is 0 Å². The average Bonchev–Trinajstić information content (AvgIpc) is 3.09. The van der Waals surface area contributed by atoms with Crippen LogP contribution in [0.4, 0.5) is 11.1 Å². The normalized spacial score (nSPS) is 12.2. The van der Waals surface area contributed by atoms with Crippen molar-refractivity contribution in [3.63, 3.8) is 0 Å². The van der Waals surface area contributed by atoms with Crippen LogP contribution in [0.25, 0.3) is 21.8 Å². The van der Waals surface area contributed by atoms with E-state index in [0.29, 0.717) is 30.0 Å². The van der Waals surface area contributed by atoms with E-state index < -0.39 is 0 Å². The van der Waals surface area contributed by atoms with E-state index in [1.807, 2.05) is 36.5 Å². The van der Waals surface area contributed by atoms with Crippen molar-refractivity contribution in [2.24, 2.45) is 0 Å². The number of thiazole rings is 1. The quantitative estimate of drug-likeness (QED) is 0.482. The first kappa shape index (κ1) is 20.5. The summed E-state index contributed by atoms with van der Waals surface area (Å²) in [6.07, 6.45) is 2.04. The van der Waals surface area contributed by atoms with Crippen LogP contribution in [0.2, 0.25) is 5.02 Å². The number of halogens is 1. The van der Waals surface area contributed by atoms with Gasteiger partial charge in [-0.1, -0.05) is 41.1 Å². The number of hydrogen-bond donors (Lipinski definition) is 3. The van der Waals surface area contributed by atoms with Crippen molar-refractivity contribution in [2.45, 2.75) is 39.3 Å². The van der Waals surface area contributed by atoms with Crippen LogP contribution in [0.1, 0.15) is 27.2 Å². The molecule has 28 heavy (non-hydrogen) atoms. The van der Waals surface area contributed by atoms with Crippen LogP contribution in [-0.2, 0) is 0 Å². The molecule has 2 aromatic heterocycles. The standard InChI is InChI=1S/C20H24ClN5OS/c1-12(2)24-20-23-11-18(28-20)17-10-16(14-6-4-5-7-15(14)21)25-19(26-17)22-9-8-13(3)27/h4-7,10-13,27H,8-9H2,1-3H3,(H,23,24)(H,22,25,26). The lowest BCUT2D eigenvalue weighted by molar-refractivity contribution is 0.188. The highest BCUT2D eigenvalue weighted by Crippen LogP contribution is 2.33. The topological polar surface area (TPSA) is 83.0 Å². The molecule has 2 heterocycles. The summed E-state index contributed by atoms with van der Waals surface area (Å²) in [6.45, 7) is 6.48. The second-order valence-electron chi connectivity index (χ2n) is 6.84. The number of anilines is 2. The molecule has 3 rings (SSSR count). The molecule has 0 saturated carbocycles. The van der Waals surface area contributed by atoms with Crippen LogP contribution in [-0.4, -0.2) is 38.7 Å². The Bertz CT molecular complexity index is 928. The Balaban J connectivity index is 1.97. The fraction of sp³-hybridized carbons (Fsp3) is 0.350. The van der Waals surface area contributed by atoms with Crippen LogP contribution in [0.15, 0.2) is 36.5 Å². The summed E-state index contributed by atoms with van der Waals surface area (Å²) in [4.78, 5) is 14.6. The van der Waals surface area contributed by atoms with Crippen molar-refractivity contribution >= 4 is 34.0 Å². The largest absolute Gasteiger partial charge is 0.393 e. The number of aromatic nitrogens is 3. The Morgan fingerprint density at radius 1 is 1.14 bits per heavy atom. The van der Waals surface area contributed by atoms with E-state index in [1.54, 1.807) is 18.3 Å². The highest BCUT2D eigenvalue weighted by Gasteiger charge is 2.13. The van der Waals surface area contributed by atoms with Crippen LogP contribution in [0.5, 0.6) is 0 Å². The van der Waals surface area contributed by atoms with Crippen LogP contribution in [0, 0.1) is 0 Å². The lowest BCUT2D eigenvalue weighted by Crippen LogP contribution is -2.12. The molecule has 0 spiro atoms. The van der Waals surface area contributed by atoms with Crippen LogP contribution < -0.4 is 10.6 Å². The van der Waals surface area contributed by atoms with Crippen molar-refractivity contribution < 1.29 is 5.11 Å². The summed E-state index contributed by atoms with van der Waals surface area (Å²) in [7, 11) is 0. The molecule has 0 aliphatic heterocycles. The van der Waals surface area contributed by atoms with E-state index >= 15 is 0 Å². The Morgan fingerprint density at radius 2 is 1.89 bits per heavy atom. The molecule has 8 heteroatoms. The molecule has 0 aliphatic rings. The first-order valence-electron chi connectivity index (χ1n) is 9.21. The maximum Gasteiger partial charge on any atom is 0.223 e. The Hall–Kier alpha value is -2.22. The fourth-order valence-electron chi connectivity index (χ4n) is 2.56. The minimum absolute atomic E-state index is 0.306. The van der Waals surface area contributed by atoms with Gasteiger partial charge >= 0.3 is 0 Å². The van der Waals surface area contributed by atoms with Crippen molar-refractivity contribution in [3.05, 3.63) is 41.6 Å². The van der Waals surface area contributed by atoms with Gasteiger partial charge in [0.1, 0.15) is 0 Å². The molecular formula is C20H24ClN5OS. The van der Waals surface area contributed by atoms with Gasteiger partial charge in [0.25, 0.3) is 0 Å². The highest BCUT2D eigenvalue weighted by molar-refractivity contribution is 7.18. The molecule has 0 fully saturated rings. The third kappa shape index (κ3) is 5.41. The van der Waals surface area contributed by atoms with Gasteiger partial charge in [0.05, 0.1) is 22.4 Å². The van der Waals surface area contributed by atoms with Crippen molar-refractivity contribution in [1.82, 2.24) is 15.0 Å². The van der Waals surface area contributed by atoms with Gasteiger partial charge < -0.3 is 15.7 Å². The van der Waals surface area contributed by atoms with E-state index in [0.717, 1.165) is 27.0 Å². The van der Waals surface area contributed by atoms with Gasteiger partial charge in [0.2, 0.25) is 5.95 Å². The number of rotatable bonds is 8. The van der Waals surface area contributed by atoms with Crippen LogP contribution >= 0.6 is 22.9 Å². The minimum Gasteiger partial charge on any atom is -0.393 e. The Labute approximate surface area is 174 Å². The molecule has 1 aromatic carbocycles. The van der Waals surface area contributed by atoms with Gasteiger partial charge in [0, 0.05) is 29.4 Å². The molecule has 1 unspecified atom stereocenters. The number of aliphatic hydroxyl groups is 1. The van der Waals surface area contributed by atoms with Crippen molar-refractivity contribution in [1.29, 1.82) is 0 Å². The summed E-state index contributed by atoms with van der Waals surface area (Å²) in [5.41, 5.74) is 2.36. The maximum absolute atomic E-state index is 9.49. The molecule has 0 aliphatic carbocycles. The molecule has 0 amide bonds. The number of aliphatic hydroxyl groups excluding tert-OH is 1. The first-order valence-corrected chi connectivity index (χ1v) is 10.4. The van der Waals surface area contributed by atoms with E-state index in [1.165, 1.54) is 0 Å². The Morgan fingerprint density at radius 3 is 2.61 bits per heavy atom. The third-order valence-electron chi connectivity index (χ3n) is 3.89. The second kappa shape index (κ2) is 9.32. The van der Waals surface area contributed by atoms with Gasteiger partial charge in [0.15, 0.2) is 5.13 Å². The highest BCUT2D eigenvalue weighted by atomic mass is 35.5. The number of hydrogen-bond acceptors (Lipinski definition) is 7. The molecule has 0 bridgehead atoms. The first-order chi connectivity index (χ1) is 13.4. The minimum atomic E-state index is -0.384. The number of nitrogens with one attached hydrogen (secondary N) is 2. The summed E-state index contributed by atoms with van der Waals surface area (Å²) in [5.74, 6) is 0.500. The SMILES string of the molecule is CC(O)CCNc1nc(-c2cnc(NC(C)C)s2)cc(-c2ccccc2Cl)n1. The zero-order valence-electron chi connectivity index (χ0n) is 16.1. The smallest absolute Gasteiger partial charge is 0.223 e. The van der Waals surface area contributed by atoms with Crippen molar-refractivity contribution in [3.8, 4) is 21.8 Å². The third-order valence-corrected chi connectivity index (χ3v) is 5.17. The summed E-state index contributed by atoms with van der Waals surface area (Å²) < 4.78 is 0.